The maximum atomic E-state index is 14.0. The number of rotatable bonds is 4. The second-order valence-corrected chi connectivity index (χ2v) is 9.68. The van der Waals surface area contributed by atoms with Crippen molar-refractivity contribution in [3.63, 3.8) is 0 Å². The van der Waals surface area contributed by atoms with Gasteiger partial charge in [-0.3, -0.25) is 4.90 Å². The first-order chi connectivity index (χ1) is 13.8. The number of likely N-dealkylation sites (tertiary alicyclic amines) is 1. The van der Waals surface area contributed by atoms with Crippen molar-refractivity contribution in [1.29, 1.82) is 0 Å². The van der Waals surface area contributed by atoms with Gasteiger partial charge in [-0.05, 0) is 57.5 Å². The zero-order chi connectivity index (χ0) is 20.8. The van der Waals surface area contributed by atoms with Gasteiger partial charge in [0.1, 0.15) is 17.5 Å². The van der Waals surface area contributed by atoms with E-state index in [1.807, 2.05) is 7.05 Å². The molecule has 1 aromatic heterocycles. The first-order valence-electron chi connectivity index (χ1n) is 9.85. The Morgan fingerprint density at radius 2 is 2.03 bits per heavy atom. The highest BCUT2D eigenvalue weighted by atomic mass is 32.2. The zero-order valence-electron chi connectivity index (χ0n) is 16.9. The number of fused-ring (bicyclic) bond motifs is 1. The monoisotopic (exact) mass is 419 g/mol. The van der Waals surface area contributed by atoms with Crippen LogP contribution in [0.2, 0.25) is 0 Å². The van der Waals surface area contributed by atoms with Crippen LogP contribution in [0.25, 0.3) is 0 Å². The third-order valence-electron chi connectivity index (χ3n) is 5.88. The van der Waals surface area contributed by atoms with Crippen LogP contribution in [0.15, 0.2) is 23.1 Å². The molecule has 3 heterocycles. The Kier molecular flexibility index (Phi) is 5.30. The van der Waals surface area contributed by atoms with Gasteiger partial charge in [-0.25, -0.2) is 22.8 Å². The maximum Gasteiger partial charge on any atom is 0.243 e. The van der Waals surface area contributed by atoms with Crippen molar-refractivity contribution in [2.75, 3.05) is 32.5 Å². The van der Waals surface area contributed by atoms with Gasteiger partial charge in [-0.2, -0.15) is 4.31 Å². The van der Waals surface area contributed by atoms with Crippen LogP contribution in [0.4, 0.5) is 10.2 Å². The Labute approximate surface area is 171 Å². The highest BCUT2D eigenvalue weighted by Crippen LogP contribution is 2.33. The number of benzene rings is 1. The Morgan fingerprint density at radius 1 is 1.24 bits per heavy atom. The lowest BCUT2D eigenvalue weighted by Crippen LogP contribution is -2.37. The molecular formula is C20H26FN5O2S. The van der Waals surface area contributed by atoms with E-state index < -0.39 is 15.8 Å². The molecular weight excluding hydrogens is 393 g/mol. The fourth-order valence-corrected chi connectivity index (χ4v) is 5.52. The van der Waals surface area contributed by atoms with Gasteiger partial charge >= 0.3 is 0 Å². The van der Waals surface area contributed by atoms with E-state index >= 15 is 0 Å². The summed E-state index contributed by atoms with van der Waals surface area (Å²) in [6.07, 6.45) is 2.60. The number of hydrogen-bond donors (Lipinski definition) is 1. The van der Waals surface area contributed by atoms with E-state index in [4.69, 9.17) is 9.97 Å². The third kappa shape index (κ3) is 3.62. The first-order valence-corrected chi connectivity index (χ1v) is 11.3. The summed E-state index contributed by atoms with van der Waals surface area (Å²) in [6.45, 7) is 3.08. The Hall–Kier alpha value is -2.10. The topological polar surface area (TPSA) is 78.4 Å². The summed E-state index contributed by atoms with van der Waals surface area (Å²) in [7, 11) is 0.0760. The minimum Gasteiger partial charge on any atom is -0.373 e. The lowest BCUT2D eigenvalue weighted by Gasteiger charge is -2.29. The van der Waals surface area contributed by atoms with Crippen molar-refractivity contribution in [2.24, 2.45) is 0 Å². The average Bonchev–Trinajstić information content (AvgIpc) is 3.14. The zero-order valence-corrected chi connectivity index (χ0v) is 17.8. The van der Waals surface area contributed by atoms with Crippen LogP contribution in [0.1, 0.15) is 41.5 Å². The van der Waals surface area contributed by atoms with Crippen molar-refractivity contribution < 1.29 is 12.8 Å². The lowest BCUT2D eigenvalue weighted by molar-refractivity contribution is 0.303. The maximum absolute atomic E-state index is 14.0. The highest BCUT2D eigenvalue weighted by molar-refractivity contribution is 7.89. The summed E-state index contributed by atoms with van der Waals surface area (Å²) in [6, 6.07) is 4.19. The summed E-state index contributed by atoms with van der Waals surface area (Å²) < 4.78 is 41.5. The van der Waals surface area contributed by atoms with Gasteiger partial charge in [-0.1, -0.05) is 6.07 Å². The van der Waals surface area contributed by atoms with E-state index in [0.29, 0.717) is 18.5 Å². The number of aromatic nitrogens is 2. The number of halogens is 1. The van der Waals surface area contributed by atoms with E-state index in [1.165, 1.54) is 16.4 Å². The van der Waals surface area contributed by atoms with E-state index in [0.717, 1.165) is 48.4 Å². The fourth-order valence-electron chi connectivity index (χ4n) is 4.11. The minimum atomic E-state index is -3.80. The normalized spacial score (nSPS) is 20.6. The molecule has 7 nitrogen and oxygen atoms in total. The predicted octanol–water partition coefficient (Wildman–Crippen LogP) is 2.48. The van der Waals surface area contributed by atoms with E-state index in [-0.39, 0.29) is 17.5 Å². The molecule has 0 radical (unpaired) electrons. The molecule has 1 aromatic carbocycles. The van der Waals surface area contributed by atoms with Crippen LogP contribution in [-0.4, -0.2) is 54.8 Å². The van der Waals surface area contributed by atoms with Crippen molar-refractivity contribution >= 4 is 15.8 Å². The van der Waals surface area contributed by atoms with Crippen LogP contribution in [0.5, 0.6) is 0 Å². The molecule has 2 aromatic rings. The smallest absolute Gasteiger partial charge is 0.243 e. The molecule has 0 aliphatic carbocycles. The summed E-state index contributed by atoms with van der Waals surface area (Å²) in [5.74, 6) is 0.979. The molecule has 156 valence electrons. The molecule has 0 bridgehead atoms. The van der Waals surface area contributed by atoms with E-state index in [1.54, 1.807) is 6.92 Å². The van der Waals surface area contributed by atoms with Crippen molar-refractivity contribution in [3.05, 3.63) is 46.7 Å². The van der Waals surface area contributed by atoms with Gasteiger partial charge in [0.15, 0.2) is 0 Å². The molecule has 1 atom stereocenters. The SMILES string of the molecule is CNc1nc([C@@H]2CCCN2C)nc2c1CCN(S(=O)(=O)c1ccc(C)c(F)c1)C2. The molecule has 9 heteroatoms. The average molecular weight is 420 g/mol. The van der Waals surface area contributed by atoms with Gasteiger partial charge in [0.05, 0.1) is 23.2 Å². The number of hydrogen-bond acceptors (Lipinski definition) is 6. The molecule has 0 unspecified atom stereocenters. The van der Waals surface area contributed by atoms with Crippen molar-refractivity contribution in [3.8, 4) is 0 Å². The second kappa shape index (κ2) is 7.62. The number of aryl methyl sites for hydroxylation is 1. The molecule has 0 spiro atoms. The summed E-state index contributed by atoms with van der Waals surface area (Å²) >= 11 is 0. The van der Waals surface area contributed by atoms with Crippen molar-refractivity contribution in [2.45, 2.75) is 43.7 Å². The third-order valence-corrected chi connectivity index (χ3v) is 7.72. The van der Waals surface area contributed by atoms with Crippen LogP contribution >= 0.6 is 0 Å². The number of sulfonamides is 1. The Morgan fingerprint density at radius 3 is 2.69 bits per heavy atom. The van der Waals surface area contributed by atoms with E-state index in [2.05, 4.69) is 17.3 Å². The standard InChI is InChI=1S/C20H26FN5O2S/c1-13-6-7-14(11-16(13)21)29(27,28)26-10-8-15-17(12-26)23-20(24-19(15)22-2)18-5-4-9-25(18)3/h6-7,11,18H,4-5,8-10,12H2,1-3H3,(H,22,23,24)/t18-/m0/s1. The lowest BCUT2D eigenvalue weighted by atomic mass is 10.1. The molecule has 1 N–H and O–H groups in total. The molecule has 0 saturated carbocycles. The number of anilines is 1. The summed E-state index contributed by atoms with van der Waals surface area (Å²) in [5, 5.41) is 3.15. The van der Waals surface area contributed by atoms with E-state index in [9.17, 15) is 12.8 Å². The van der Waals surface area contributed by atoms with Gasteiger partial charge in [0.25, 0.3) is 0 Å². The molecule has 2 aliphatic rings. The van der Waals surface area contributed by atoms with Gasteiger partial charge < -0.3 is 5.32 Å². The number of nitrogens with zero attached hydrogens (tertiary/aromatic N) is 4. The molecule has 1 fully saturated rings. The van der Waals surface area contributed by atoms with Gasteiger partial charge in [0, 0.05) is 19.2 Å². The van der Waals surface area contributed by atoms with Crippen LogP contribution < -0.4 is 5.32 Å². The highest BCUT2D eigenvalue weighted by Gasteiger charge is 2.33. The summed E-state index contributed by atoms with van der Waals surface area (Å²) in [4.78, 5) is 11.7. The molecule has 4 rings (SSSR count). The predicted molar refractivity (Wildman–Crippen MR) is 109 cm³/mol. The quantitative estimate of drug-likeness (QED) is 0.820. The van der Waals surface area contributed by atoms with Crippen LogP contribution in [0, 0.1) is 12.7 Å². The fraction of sp³-hybridized carbons (Fsp3) is 0.500. The first kappa shape index (κ1) is 20.2. The minimum absolute atomic E-state index is 0.0253. The van der Waals surface area contributed by atoms with Gasteiger partial charge in [0.2, 0.25) is 10.0 Å². The Balaban J connectivity index is 1.69. The second-order valence-electron chi connectivity index (χ2n) is 7.74. The molecule has 2 aliphatic heterocycles. The summed E-state index contributed by atoms with van der Waals surface area (Å²) in [5.41, 5.74) is 2.10. The van der Waals surface area contributed by atoms with Crippen LogP contribution in [0.3, 0.4) is 0 Å². The molecule has 0 amide bonds. The van der Waals surface area contributed by atoms with Crippen LogP contribution in [-0.2, 0) is 23.0 Å². The van der Waals surface area contributed by atoms with Crippen molar-refractivity contribution in [1.82, 2.24) is 19.2 Å². The molecule has 1 saturated heterocycles. The largest absolute Gasteiger partial charge is 0.373 e. The number of nitrogens with one attached hydrogen (secondary N) is 1. The molecule has 29 heavy (non-hydrogen) atoms. The Bertz CT molecular complexity index is 1040. The van der Waals surface area contributed by atoms with Gasteiger partial charge in [-0.15, -0.1) is 0 Å².